The highest BCUT2D eigenvalue weighted by Crippen LogP contribution is 2.48. The van der Waals surface area contributed by atoms with Gasteiger partial charge in [-0.05, 0) is 45.2 Å². The first-order valence-corrected chi connectivity index (χ1v) is 15.0. The van der Waals surface area contributed by atoms with Gasteiger partial charge in [-0.1, -0.05) is 26.7 Å². The number of aromatic amines is 1. The lowest BCUT2D eigenvalue weighted by Gasteiger charge is -2.24. The Hall–Kier alpha value is -2.16. The number of ether oxygens (including phenoxy) is 2. The van der Waals surface area contributed by atoms with Gasteiger partial charge in [0.05, 0.1) is 24.9 Å². The number of rotatable bonds is 17. The zero-order chi connectivity index (χ0) is 29.9. The molecule has 0 aromatic carbocycles. The van der Waals surface area contributed by atoms with Crippen molar-refractivity contribution in [3.63, 3.8) is 0 Å². The Bertz CT molecular complexity index is 1140. The summed E-state index contributed by atoms with van der Waals surface area (Å²) < 4.78 is 35.1. The largest absolute Gasteiger partial charge is 0.472 e. The van der Waals surface area contributed by atoms with Gasteiger partial charge in [0.25, 0.3) is 5.56 Å². The highest BCUT2D eigenvalue weighted by Gasteiger charge is 2.49. The summed E-state index contributed by atoms with van der Waals surface area (Å²) in [5.41, 5.74) is 3.75. The standard InChI is InChI=1S/C25H43N4O10P/c1-16(2)14-37-40(34,35)39-22-19(15-36-17(3)4)38-24(21(22)31)29-13-18(23(32)28-25(29)33)9-10-20(30)27-12-8-6-5-7-11-26/h9-10,13,16-17,19,21-22,24,31H,5-8,11-12,14-15,26H2,1-4H3,(H,27,30)(H,34,35)(H,28,32,33)/b10-9+/t19-,21?,22+,24-/m1/s1. The van der Waals surface area contributed by atoms with Crippen LogP contribution in [0.2, 0.25) is 0 Å². The predicted molar refractivity (Wildman–Crippen MR) is 147 cm³/mol. The molecule has 0 aliphatic carbocycles. The Balaban J connectivity index is 2.21. The SMILES string of the molecule is CC(C)COP(=O)(O)O[C@@H]1C(O)[C@H](n2cc(/C=C/C(=O)NCCCCCCN)c(=O)[nH]c2=O)O[C@@H]1COC(C)C. The summed E-state index contributed by atoms with van der Waals surface area (Å²) in [4.78, 5) is 49.5. The zero-order valence-electron chi connectivity index (χ0n) is 23.5. The molecule has 1 aromatic rings. The predicted octanol–water partition coefficient (Wildman–Crippen LogP) is 1.03. The summed E-state index contributed by atoms with van der Waals surface area (Å²) in [5.74, 6) is -0.483. The van der Waals surface area contributed by atoms with E-state index in [4.69, 9.17) is 24.3 Å². The Kier molecular flexibility index (Phi) is 13.9. The number of nitrogens with one attached hydrogen (secondary N) is 2. The van der Waals surface area contributed by atoms with Gasteiger partial charge in [0.1, 0.15) is 18.3 Å². The molecule has 14 nitrogen and oxygen atoms in total. The highest BCUT2D eigenvalue weighted by atomic mass is 31.2. The second-order valence-corrected chi connectivity index (χ2v) is 11.7. The number of carbonyl (C=O) groups is 1. The number of hydrogen-bond donors (Lipinski definition) is 5. The number of nitrogens with two attached hydrogens (primary N) is 1. The Morgan fingerprint density at radius 1 is 1.25 bits per heavy atom. The van der Waals surface area contributed by atoms with Crippen LogP contribution in [0.3, 0.4) is 0 Å². The molecule has 1 aliphatic rings. The van der Waals surface area contributed by atoms with Crippen LogP contribution in [0.5, 0.6) is 0 Å². The van der Waals surface area contributed by atoms with Crippen LogP contribution in [0, 0.1) is 5.92 Å². The van der Waals surface area contributed by atoms with Crippen LogP contribution >= 0.6 is 7.82 Å². The lowest BCUT2D eigenvalue weighted by atomic mass is 10.1. The second kappa shape index (κ2) is 16.3. The molecule has 2 unspecified atom stereocenters. The molecule has 5 atom stereocenters. The molecule has 1 aromatic heterocycles. The van der Waals surface area contributed by atoms with E-state index in [1.54, 1.807) is 27.7 Å². The number of hydrogen-bond acceptors (Lipinski definition) is 10. The number of unbranched alkanes of at least 4 members (excludes halogenated alkanes) is 3. The number of aliphatic hydroxyl groups excluding tert-OH is 1. The number of aromatic nitrogens is 2. The number of phosphoric ester groups is 1. The third-order valence-electron chi connectivity index (χ3n) is 5.84. The number of nitrogens with zero attached hydrogens (tertiary/aromatic N) is 1. The number of carbonyl (C=O) groups excluding carboxylic acids is 1. The van der Waals surface area contributed by atoms with Gasteiger partial charge in [-0.15, -0.1) is 0 Å². The van der Waals surface area contributed by atoms with Gasteiger partial charge in [-0.3, -0.25) is 28.2 Å². The van der Waals surface area contributed by atoms with E-state index in [2.05, 4.69) is 10.3 Å². The smallest absolute Gasteiger partial charge is 0.386 e. The fourth-order valence-electron chi connectivity index (χ4n) is 3.80. The van der Waals surface area contributed by atoms with Gasteiger partial charge in [0.15, 0.2) is 6.23 Å². The molecule has 0 saturated carbocycles. The molecule has 1 fully saturated rings. The molecule has 0 radical (unpaired) electrons. The van der Waals surface area contributed by atoms with Gasteiger partial charge < -0.3 is 30.5 Å². The summed E-state index contributed by atoms with van der Waals surface area (Å²) in [6.45, 7) is 8.00. The minimum Gasteiger partial charge on any atom is -0.386 e. The average Bonchev–Trinajstić information content (AvgIpc) is 3.17. The molecular formula is C25H43N4O10P. The van der Waals surface area contributed by atoms with Crippen LogP contribution in [0.1, 0.15) is 65.2 Å². The molecule has 0 spiro atoms. The first-order valence-electron chi connectivity index (χ1n) is 13.5. The number of amides is 1. The van der Waals surface area contributed by atoms with Crippen LogP contribution in [-0.4, -0.2) is 76.2 Å². The minimum absolute atomic E-state index is 0.0547. The molecule has 1 saturated heterocycles. The van der Waals surface area contributed by atoms with Crippen molar-refractivity contribution >= 4 is 19.8 Å². The molecule has 6 N–H and O–H groups in total. The van der Waals surface area contributed by atoms with Crippen molar-refractivity contribution in [2.45, 2.75) is 84.0 Å². The van der Waals surface area contributed by atoms with Crippen LogP contribution in [-0.2, 0) is 27.9 Å². The number of aliphatic hydroxyl groups is 1. The first kappa shape index (κ1) is 34.0. The average molecular weight is 591 g/mol. The van der Waals surface area contributed by atoms with E-state index >= 15 is 0 Å². The van der Waals surface area contributed by atoms with Crippen molar-refractivity contribution in [3.8, 4) is 0 Å². The summed E-state index contributed by atoms with van der Waals surface area (Å²) in [7, 11) is -4.61. The van der Waals surface area contributed by atoms with Gasteiger partial charge in [0.2, 0.25) is 5.91 Å². The molecular weight excluding hydrogens is 547 g/mol. The molecule has 2 heterocycles. The van der Waals surface area contributed by atoms with E-state index in [9.17, 15) is 28.9 Å². The Labute approximate surface area is 233 Å². The maximum absolute atomic E-state index is 12.7. The fraction of sp³-hybridized carbons (Fsp3) is 0.720. The fourth-order valence-corrected chi connectivity index (χ4v) is 4.91. The van der Waals surface area contributed by atoms with E-state index in [0.717, 1.165) is 42.5 Å². The second-order valence-electron chi connectivity index (χ2n) is 10.2. The first-order chi connectivity index (χ1) is 18.8. The number of H-pyrrole nitrogens is 1. The van der Waals surface area contributed by atoms with Crippen LogP contribution in [0.15, 0.2) is 21.9 Å². The van der Waals surface area contributed by atoms with E-state index in [1.165, 1.54) is 6.08 Å². The van der Waals surface area contributed by atoms with E-state index < -0.39 is 49.5 Å². The van der Waals surface area contributed by atoms with Gasteiger partial charge in [-0.2, -0.15) is 0 Å². The zero-order valence-corrected chi connectivity index (χ0v) is 24.4. The van der Waals surface area contributed by atoms with Gasteiger partial charge in [0, 0.05) is 18.8 Å². The topological polar surface area (TPSA) is 204 Å². The number of phosphoric acid groups is 1. The van der Waals surface area contributed by atoms with Crippen LogP contribution < -0.4 is 22.3 Å². The third kappa shape index (κ3) is 11.0. The Morgan fingerprint density at radius 2 is 1.95 bits per heavy atom. The maximum atomic E-state index is 12.7. The molecule has 0 bridgehead atoms. The summed E-state index contributed by atoms with van der Waals surface area (Å²) in [5, 5.41) is 13.7. The molecule has 1 amide bonds. The Morgan fingerprint density at radius 3 is 2.60 bits per heavy atom. The molecule has 15 heteroatoms. The van der Waals surface area contributed by atoms with E-state index in [-0.39, 0.29) is 30.8 Å². The molecule has 228 valence electrons. The van der Waals surface area contributed by atoms with Crippen LogP contribution in [0.4, 0.5) is 0 Å². The summed E-state index contributed by atoms with van der Waals surface area (Å²) in [6.07, 6.45) is 1.42. The van der Waals surface area contributed by atoms with Crippen molar-refractivity contribution in [2.24, 2.45) is 11.7 Å². The maximum Gasteiger partial charge on any atom is 0.472 e. The normalized spacial score (nSPS) is 22.8. The van der Waals surface area contributed by atoms with Crippen molar-refractivity contribution < 1.29 is 37.9 Å². The lowest BCUT2D eigenvalue weighted by Crippen LogP contribution is -2.39. The molecule has 40 heavy (non-hydrogen) atoms. The minimum atomic E-state index is -4.61. The van der Waals surface area contributed by atoms with E-state index in [0.29, 0.717) is 13.1 Å². The van der Waals surface area contributed by atoms with Crippen molar-refractivity contribution in [3.05, 3.63) is 38.7 Å². The lowest BCUT2D eigenvalue weighted by molar-refractivity contribution is -0.116. The van der Waals surface area contributed by atoms with Gasteiger partial charge in [-0.25, -0.2) is 9.36 Å². The van der Waals surface area contributed by atoms with Crippen molar-refractivity contribution in [1.29, 1.82) is 0 Å². The quantitative estimate of drug-likeness (QED) is 0.0984. The van der Waals surface area contributed by atoms with Crippen LogP contribution in [0.25, 0.3) is 6.08 Å². The third-order valence-corrected chi connectivity index (χ3v) is 6.83. The highest BCUT2D eigenvalue weighted by molar-refractivity contribution is 7.47. The summed E-state index contributed by atoms with van der Waals surface area (Å²) in [6, 6.07) is 0. The van der Waals surface area contributed by atoms with Crippen molar-refractivity contribution in [1.82, 2.24) is 14.9 Å². The monoisotopic (exact) mass is 590 g/mol. The van der Waals surface area contributed by atoms with Crippen molar-refractivity contribution in [2.75, 3.05) is 26.3 Å². The summed E-state index contributed by atoms with van der Waals surface area (Å²) >= 11 is 0. The molecule has 2 rings (SSSR count). The van der Waals surface area contributed by atoms with Gasteiger partial charge >= 0.3 is 13.5 Å². The molecule has 1 aliphatic heterocycles. The van der Waals surface area contributed by atoms with E-state index in [1.807, 2.05) is 0 Å².